The third-order valence-electron chi connectivity index (χ3n) is 5.24. The number of hydrogen-bond donors (Lipinski definition) is 1. The Labute approximate surface area is 109 Å². The van der Waals surface area contributed by atoms with E-state index in [0.29, 0.717) is 5.41 Å². The molecule has 0 amide bonds. The monoisotopic (exact) mass is 239 g/mol. The van der Waals surface area contributed by atoms with Gasteiger partial charge in [-0.1, -0.05) is 52.9 Å². The zero-order valence-electron chi connectivity index (χ0n) is 12.3. The highest BCUT2D eigenvalue weighted by atomic mass is 14.6. The Kier molecular flexibility index (Phi) is 6.54. The molecule has 0 radical (unpaired) electrons. The SMILES string of the molecule is CCCCC1CCC(CN)(C(C)CCC)CC1. The summed E-state index contributed by atoms with van der Waals surface area (Å²) in [4.78, 5) is 0. The predicted molar refractivity (Wildman–Crippen MR) is 77.0 cm³/mol. The Hall–Kier alpha value is -0.0400. The Morgan fingerprint density at radius 3 is 2.29 bits per heavy atom. The maximum atomic E-state index is 6.12. The summed E-state index contributed by atoms with van der Waals surface area (Å²) < 4.78 is 0. The van der Waals surface area contributed by atoms with Crippen LogP contribution in [0.4, 0.5) is 0 Å². The van der Waals surface area contributed by atoms with Gasteiger partial charge in [0.2, 0.25) is 0 Å². The minimum atomic E-state index is 0.485. The molecule has 1 saturated carbocycles. The highest BCUT2D eigenvalue weighted by Gasteiger charge is 2.37. The van der Waals surface area contributed by atoms with E-state index in [2.05, 4.69) is 20.8 Å². The zero-order chi connectivity index (χ0) is 12.7. The van der Waals surface area contributed by atoms with Gasteiger partial charge in [0.1, 0.15) is 0 Å². The van der Waals surface area contributed by atoms with E-state index in [4.69, 9.17) is 5.73 Å². The summed E-state index contributed by atoms with van der Waals surface area (Å²) in [7, 11) is 0. The van der Waals surface area contributed by atoms with Crippen LogP contribution in [0.1, 0.15) is 78.6 Å². The summed E-state index contributed by atoms with van der Waals surface area (Å²) in [6, 6.07) is 0. The molecule has 0 aliphatic heterocycles. The summed E-state index contributed by atoms with van der Waals surface area (Å²) in [5.74, 6) is 1.83. The van der Waals surface area contributed by atoms with Gasteiger partial charge in [-0.25, -0.2) is 0 Å². The lowest BCUT2D eigenvalue weighted by Gasteiger charge is -2.44. The molecule has 0 bridgehead atoms. The fourth-order valence-corrected chi connectivity index (χ4v) is 3.67. The van der Waals surface area contributed by atoms with Crippen LogP contribution in [0, 0.1) is 17.3 Å². The van der Waals surface area contributed by atoms with Gasteiger partial charge < -0.3 is 5.73 Å². The Balaban J connectivity index is 2.45. The van der Waals surface area contributed by atoms with Gasteiger partial charge in [0.05, 0.1) is 0 Å². The average molecular weight is 239 g/mol. The molecule has 0 aromatic heterocycles. The second kappa shape index (κ2) is 7.41. The smallest absolute Gasteiger partial charge is 0.00180 e. The summed E-state index contributed by atoms with van der Waals surface area (Å²) in [6.07, 6.45) is 12.5. The minimum Gasteiger partial charge on any atom is -0.330 e. The molecule has 1 nitrogen and oxygen atoms in total. The second-order valence-corrected chi connectivity index (χ2v) is 6.34. The van der Waals surface area contributed by atoms with E-state index in [1.165, 1.54) is 57.8 Å². The first kappa shape index (κ1) is 15.0. The Morgan fingerprint density at radius 1 is 1.18 bits per heavy atom. The third-order valence-corrected chi connectivity index (χ3v) is 5.24. The van der Waals surface area contributed by atoms with Crippen molar-refractivity contribution >= 4 is 0 Å². The third kappa shape index (κ3) is 3.98. The molecule has 102 valence electrons. The molecule has 0 aromatic carbocycles. The molecule has 0 aromatic rings. The number of nitrogens with two attached hydrogens (primary N) is 1. The molecular formula is C16H33N. The zero-order valence-corrected chi connectivity index (χ0v) is 12.3. The molecule has 0 heterocycles. The van der Waals surface area contributed by atoms with Gasteiger partial charge in [-0.3, -0.25) is 0 Å². The normalized spacial score (nSPS) is 31.4. The van der Waals surface area contributed by atoms with Gasteiger partial charge >= 0.3 is 0 Å². The topological polar surface area (TPSA) is 26.0 Å². The van der Waals surface area contributed by atoms with Gasteiger partial charge in [0.15, 0.2) is 0 Å². The Morgan fingerprint density at radius 2 is 1.82 bits per heavy atom. The molecule has 1 unspecified atom stereocenters. The summed E-state index contributed by atoms with van der Waals surface area (Å²) in [6.45, 7) is 7.95. The molecule has 1 heteroatoms. The highest BCUT2D eigenvalue weighted by Crippen LogP contribution is 2.46. The van der Waals surface area contributed by atoms with Crippen molar-refractivity contribution in [1.82, 2.24) is 0 Å². The summed E-state index contributed by atoms with van der Waals surface area (Å²) in [5, 5.41) is 0. The molecular weight excluding hydrogens is 206 g/mol. The van der Waals surface area contributed by atoms with Gasteiger partial charge in [-0.05, 0) is 49.5 Å². The van der Waals surface area contributed by atoms with Crippen LogP contribution in [0.3, 0.4) is 0 Å². The summed E-state index contributed by atoms with van der Waals surface area (Å²) in [5.41, 5.74) is 6.60. The van der Waals surface area contributed by atoms with Gasteiger partial charge in [-0.2, -0.15) is 0 Å². The lowest BCUT2D eigenvalue weighted by Crippen LogP contribution is -2.40. The van der Waals surface area contributed by atoms with E-state index in [0.717, 1.165) is 18.4 Å². The summed E-state index contributed by atoms with van der Waals surface area (Å²) >= 11 is 0. The van der Waals surface area contributed by atoms with Crippen LogP contribution >= 0.6 is 0 Å². The lowest BCUT2D eigenvalue weighted by atomic mass is 9.62. The van der Waals surface area contributed by atoms with E-state index in [9.17, 15) is 0 Å². The van der Waals surface area contributed by atoms with Crippen molar-refractivity contribution < 1.29 is 0 Å². The van der Waals surface area contributed by atoms with Crippen molar-refractivity contribution in [2.45, 2.75) is 78.6 Å². The van der Waals surface area contributed by atoms with Crippen LogP contribution in [0.25, 0.3) is 0 Å². The van der Waals surface area contributed by atoms with Crippen molar-refractivity contribution in [2.75, 3.05) is 6.54 Å². The van der Waals surface area contributed by atoms with E-state index in [1.54, 1.807) is 0 Å². The quantitative estimate of drug-likeness (QED) is 0.682. The van der Waals surface area contributed by atoms with Crippen LogP contribution in [-0.4, -0.2) is 6.54 Å². The number of rotatable bonds is 7. The highest BCUT2D eigenvalue weighted by molar-refractivity contribution is 4.90. The fraction of sp³-hybridized carbons (Fsp3) is 1.00. The van der Waals surface area contributed by atoms with Gasteiger partial charge in [0, 0.05) is 0 Å². The maximum Gasteiger partial charge on any atom is -0.00180 e. The van der Waals surface area contributed by atoms with Crippen LogP contribution in [0.2, 0.25) is 0 Å². The van der Waals surface area contributed by atoms with Crippen LogP contribution in [-0.2, 0) is 0 Å². The van der Waals surface area contributed by atoms with E-state index < -0.39 is 0 Å². The standard InChI is InChI=1S/C16H33N/c1-4-6-8-15-9-11-16(13-17,12-10-15)14(3)7-5-2/h14-15H,4-13,17H2,1-3H3. The van der Waals surface area contributed by atoms with Gasteiger partial charge in [0.25, 0.3) is 0 Å². The molecule has 1 aliphatic rings. The van der Waals surface area contributed by atoms with Crippen molar-refractivity contribution in [3.05, 3.63) is 0 Å². The molecule has 2 N–H and O–H groups in total. The van der Waals surface area contributed by atoms with E-state index >= 15 is 0 Å². The Bertz CT molecular complexity index is 192. The van der Waals surface area contributed by atoms with Crippen LogP contribution in [0.5, 0.6) is 0 Å². The molecule has 1 aliphatic carbocycles. The minimum absolute atomic E-state index is 0.485. The number of hydrogen-bond acceptors (Lipinski definition) is 1. The average Bonchev–Trinajstić information content (AvgIpc) is 2.37. The van der Waals surface area contributed by atoms with Crippen molar-refractivity contribution in [3.63, 3.8) is 0 Å². The van der Waals surface area contributed by atoms with Crippen LogP contribution < -0.4 is 5.73 Å². The second-order valence-electron chi connectivity index (χ2n) is 6.34. The number of unbranched alkanes of at least 4 members (excludes halogenated alkanes) is 1. The first-order valence-corrected chi connectivity index (χ1v) is 7.88. The van der Waals surface area contributed by atoms with Crippen molar-refractivity contribution in [1.29, 1.82) is 0 Å². The molecule has 0 spiro atoms. The predicted octanol–water partition coefficient (Wildman–Crippen LogP) is 4.75. The lowest BCUT2D eigenvalue weighted by molar-refractivity contribution is 0.0815. The fourth-order valence-electron chi connectivity index (χ4n) is 3.67. The molecule has 1 rings (SSSR count). The van der Waals surface area contributed by atoms with E-state index in [1.807, 2.05) is 0 Å². The maximum absolute atomic E-state index is 6.12. The van der Waals surface area contributed by atoms with Crippen molar-refractivity contribution in [2.24, 2.45) is 23.0 Å². The van der Waals surface area contributed by atoms with Crippen LogP contribution in [0.15, 0.2) is 0 Å². The first-order valence-electron chi connectivity index (χ1n) is 7.88. The molecule has 1 atom stereocenters. The molecule has 1 fully saturated rings. The largest absolute Gasteiger partial charge is 0.330 e. The first-order chi connectivity index (χ1) is 8.18. The van der Waals surface area contributed by atoms with E-state index in [-0.39, 0.29) is 0 Å². The van der Waals surface area contributed by atoms with Gasteiger partial charge in [-0.15, -0.1) is 0 Å². The van der Waals surface area contributed by atoms with Crippen molar-refractivity contribution in [3.8, 4) is 0 Å². The molecule has 17 heavy (non-hydrogen) atoms. The molecule has 0 saturated heterocycles.